The second-order valence-electron chi connectivity index (χ2n) is 7.29. The number of amides is 1. The number of aliphatic hydroxyl groups excluding tert-OH is 1. The zero-order valence-corrected chi connectivity index (χ0v) is 17.7. The highest BCUT2D eigenvalue weighted by Crippen LogP contribution is 2.40. The summed E-state index contributed by atoms with van der Waals surface area (Å²) in [5, 5.41) is 11.1. The van der Waals surface area contributed by atoms with Crippen LogP contribution in [-0.2, 0) is 16.1 Å². The predicted octanol–water partition coefficient (Wildman–Crippen LogP) is 3.72. The van der Waals surface area contributed by atoms with Gasteiger partial charge in [0, 0.05) is 24.5 Å². The lowest BCUT2D eigenvalue weighted by atomic mass is 9.96. The molecule has 1 N–H and O–H groups in total. The second-order valence-corrected chi connectivity index (χ2v) is 7.29. The van der Waals surface area contributed by atoms with Crippen LogP contribution in [0, 0.1) is 0 Å². The van der Waals surface area contributed by atoms with Crippen molar-refractivity contribution in [2.24, 2.45) is 0 Å². The lowest BCUT2D eigenvalue weighted by Crippen LogP contribution is -2.29. The Morgan fingerprint density at radius 3 is 2.16 bits per heavy atom. The van der Waals surface area contributed by atoms with Crippen LogP contribution >= 0.6 is 0 Å². The molecule has 7 nitrogen and oxygen atoms in total. The minimum Gasteiger partial charge on any atom is -0.507 e. The number of nitrogens with zero attached hydrogens (tertiary/aromatic N) is 2. The van der Waals surface area contributed by atoms with E-state index in [4.69, 9.17) is 9.47 Å². The van der Waals surface area contributed by atoms with Crippen molar-refractivity contribution in [2.75, 3.05) is 14.2 Å². The van der Waals surface area contributed by atoms with E-state index in [1.54, 1.807) is 75.1 Å². The molecule has 0 saturated carbocycles. The van der Waals surface area contributed by atoms with E-state index in [2.05, 4.69) is 4.98 Å². The van der Waals surface area contributed by atoms with E-state index in [1.807, 2.05) is 12.1 Å². The van der Waals surface area contributed by atoms with Gasteiger partial charge in [-0.05, 0) is 53.6 Å². The fraction of sp³-hybridized carbons (Fsp3) is 0.160. The molecule has 0 spiro atoms. The molecule has 0 aliphatic carbocycles. The lowest BCUT2D eigenvalue weighted by molar-refractivity contribution is -0.140. The Labute approximate surface area is 185 Å². The van der Waals surface area contributed by atoms with Crippen LogP contribution in [0.25, 0.3) is 5.76 Å². The third-order valence-electron chi connectivity index (χ3n) is 5.42. The Morgan fingerprint density at radius 2 is 1.59 bits per heavy atom. The molecule has 0 radical (unpaired) electrons. The Morgan fingerprint density at radius 1 is 0.969 bits per heavy atom. The molecule has 4 rings (SSSR count). The number of likely N-dealkylation sites (tertiary alicyclic amines) is 1. The number of methoxy groups -OCH3 is 2. The molecule has 1 unspecified atom stereocenters. The van der Waals surface area contributed by atoms with Crippen molar-refractivity contribution < 1.29 is 24.2 Å². The van der Waals surface area contributed by atoms with Crippen LogP contribution in [0.4, 0.5) is 0 Å². The molecular formula is C25H22N2O5. The number of aromatic nitrogens is 1. The topological polar surface area (TPSA) is 89.0 Å². The predicted molar refractivity (Wildman–Crippen MR) is 118 cm³/mol. The van der Waals surface area contributed by atoms with E-state index in [0.29, 0.717) is 22.6 Å². The van der Waals surface area contributed by atoms with E-state index in [-0.39, 0.29) is 17.9 Å². The molecule has 3 aromatic rings. The van der Waals surface area contributed by atoms with Gasteiger partial charge in [0.25, 0.3) is 11.7 Å². The summed E-state index contributed by atoms with van der Waals surface area (Å²) in [5.74, 6) is -0.341. The van der Waals surface area contributed by atoms with E-state index in [9.17, 15) is 14.7 Å². The summed E-state index contributed by atoms with van der Waals surface area (Å²) >= 11 is 0. The van der Waals surface area contributed by atoms with E-state index in [1.165, 1.54) is 4.90 Å². The average Bonchev–Trinajstić information content (AvgIpc) is 3.09. The number of carbonyl (C=O) groups is 2. The van der Waals surface area contributed by atoms with E-state index < -0.39 is 17.7 Å². The van der Waals surface area contributed by atoms with Gasteiger partial charge >= 0.3 is 0 Å². The Bertz CT molecular complexity index is 1160. The summed E-state index contributed by atoms with van der Waals surface area (Å²) in [6.07, 6.45) is 3.21. The van der Waals surface area contributed by atoms with Gasteiger partial charge in [0.05, 0.1) is 25.8 Å². The minimum absolute atomic E-state index is 0.0293. The molecular weight excluding hydrogens is 408 g/mol. The minimum atomic E-state index is -0.770. The fourth-order valence-electron chi connectivity index (χ4n) is 3.76. The van der Waals surface area contributed by atoms with Crippen molar-refractivity contribution in [3.8, 4) is 11.5 Å². The summed E-state index contributed by atoms with van der Waals surface area (Å²) in [6.45, 7) is 0.188. The normalized spacial score (nSPS) is 17.4. The van der Waals surface area contributed by atoms with Crippen LogP contribution in [0.1, 0.15) is 22.7 Å². The van der Waals surface area contributed by atoms with Crippen molar-refractivity contribution in [2.45, 2.75) is 12.6 Å². The third-order valence-corrected chi connectivity index (χ3v) is 5.42. The maximum atomic E-state index is 13.1. The number of ketones is 1. The standard InChI is InChI=1S/C25H22N2O5/c1-31-19-9-5-16(6-10-19)15-27-22(18-4-3-13-26-14-18)21(24(29)25(27)30)23(28)17-7-11-20(32-2)12-8-17/h3-14,22,28H,15H2,1-2H3/b23-21-. The number of ether oxygens (including phenoxy) is 2. The van der Waals surface area contributed by atoms with Crippen molar-refractivity contribution >= 4 is 17.4 Å². The van der Waals surface area contributed by atoms with Crippen LogP contribution in [0.2, 0.25) is 0 Å². The molecule has 162 valence electrons. The number of rotatable bonds is 6. The molecule has 1 saturated heterocycles. The monoisotopic (exact) mass is 430 g/mol. The number of hydrogen-bond acceptors (Lipinski definition) is 6. The maximum absolute atomic E-state index is 13.1. The highest BCUT2D eigenvalue weighted by molar-refractivity contribution is 6.46. The summed E-state index contributed by atoms with van der Waals surface area (Å²) in [6, 6.07) is 16.7. The first-order valence-corrected chi connectivity index (χ1v) is 9.99. The Hall–Kier alpha value is -4.13. The summed E-state index contributed by atoms with van der Waals surface area (Å²) in [4.78, 5) is 31.7. The van der Waals surface area contributed by atoms with Crippen LogP contribution in [0.5, 0.6) is 11.5 Å². The molecule has 1 fully saturated rings. The Kier molecular flexibility index (Phi) is 5.89. The summed E-state index contributed by atoms with van der Waals surface area (Å²) in [5.41, 5.74) is 1.91. The molecule has 1 atom stereocenters. The van der Waals surface area contributed by atoms with Gasteiger partial charge in [-0.15, -0.1) is 0 Å². The van der Waals surface area contributed by atoms with E-state index in [0.717, 1.165) is 5.56 Å². The molecule has 1 aliphatic rings. The van der Waals surface area contributed by atoms with Crippen LogP contribution in [0.3, 0.4) is 0 Å². The van der Waals surface area contributed by atoms with Gasteiger partial charge in [-0.25, -0.2) is 0 Å². The summed E-state index contributed by atoms with van der Waals surface area (Å²) in [7, 11) is 3.12. The van der Waals surface area contributed by atoms with Gasteiger partial charge < -0.3 is 19.5 Å². The van der Waals surface area contributed by atoms with E-state index >= 15 is 0 Å². The zero-order chi connectivity index (χ0) is 22.7. The molecule has 2 aromatic carbocycles. The first-order chi connectivity index (χ1) is 15.5. The van der Waals surface area contributed by atoms with Gasteiger partial charge in [-0.1, -0.05) is 18.2 Å². The highest BCUT2D eigenvalue weighted by Gasteiger charge is 2.46. The van der Waals surface area contributed by atoms with Crippen molar-refractivity contribution in [1.82, 2.24) is 9.88 Å². The van der Waals surface area contributed by atoms with Crippen LogP contribution < -0.4 is 9.47 Å². The van der Waals surface area contributed by atoms with Crippen LogP contribution in [-0.4, -0.2) is 40.9 Å². The number of hydrogen-bond donors (Lipinski definition) is 1. The maximum Gasteiger partial charge on any atom is 0.295 e. The van der Waals surface area contributed by atoms with Gasteiger partial charge in [-0.3, -0.25) is 14.6 Å². The number of benzene rings is 2. The average molecular weight is 430 g/mol. The Balaban J connectivity index is 1.79. The number of carbonyl (C=O) groups excluding carboxylic acids is 2. The summed E-state index contributed by atoms with van der Waals surface area (Å²) < 4.78 is 10.3. The molecule has 1 amide bonds. The van der Waals surface area contributed by atoms with Gasteiger partial charge in [0.2, 0.25) is 0 Å². The zero-order valence-electron chi connectivity index (χ0n) is 17.7. The first-order valence-electron chi connectivity index (χ1n) is 9.99. The van der Waals surface area contributed by atoms with Gasteiger partial charge in [0.1, 0.15) is 17.3 Å². The van der Waals surface area contributed by atoms with Gasteiger partial charge in [0.15, 0.2) is 0 Å². The third kappa shape index (κ3) is 3.92. The molecule has 0 bridgehead atoms. The number of pyridine rings is 1. The quantitative estimate of drug-likeness (QED) is 0.364. The van der Waals surface area contributed by atoms with Crippen molar-refractivity contribution in [3.63, 3.8) is 0 Å². The fourth-order valence-corrected chi connectivity index (χ4v) is 3.76. The SMILES string of the molecule is COc1ccc(CN2C(=O)C(=O)/C(=C(\O)c3ccc(OC)cc3)C2c2cccnc2)cc1. The number of aliphatic hydroxyl groups is 1. The van der Waals surface area contributed by atoms with Crippen molar-refractivity contribution in [1.29, 1.82) is 0 Å². The second kappa shape index (κ2) is 8.93. The largest absolute Gasteiger partial charge is 0.507 e. The molecule has 7 heteroatoms. The molecule has 32 heavy (non-hydrogen) atoms. The first kappa shape index (κ1) is 21.1. The molecule has 1 aromatic heterocycles. The molecule has 1 aliphatic heterocycles. The van der Waals surface area contributed by atoms with Crippen LogP contribution in [0.15, 0.2) is 78.6 Å². The highest BCUT2D eigenvalue weighted by atomic mass is 16.5. The number of Topliss-reactive ketones (excluding diaryl/α,β-unsaturated/α-hetero) is 1. The molecule has 2 heterocycles. The van der Waals surface area contributed by atoms with Crippen molar-refractivity contribution in [3.05, 3.63) is 95.3 Å². The lowest BCUT2D eigenvalue weighted by Gasteiger charge is -2.25. The smallest absolute Gasteiger partial charge is 0.295 e. The van der Waals surface area contributed by atoms with Gasteiger partial charge in [-0.2, -0.15) is 0 Å².